The minimum atomic E-state index is -5.05. The number of carboxylic acids is 1. The van der Waals surface area contributed by atoms with Crippen LogP contribution in [0.5, 0.6) is 0 Å². The molecule has 0 aliphatic heterocycles. The third-order valence-electron chi connectivity index (χ3n) is 1.64. The highest BCUT2D eigenvalue weighted by Gasteiger charge is 2.18. The van der Waals surface area contributed by atoms with Gasteiger partial charge < -0.3 is 5.11 Å². The van der Waals surface area contributed by atoms with Gasteiger partial charge in [-0.2, -0.15) is 8.42 Å². The van der Waals surface area contributed by atoms with E-state index in [2.05, 4.69) is 0 Å². The van der Waals surface area contributed by atoms with Crippen molar-refractivity contribution in [3.8, 4) is 0 Å². The topological polar surface area (TPSA) is 95.3 Å². The van der Waals surface area contributed by atoms with Crippen molar-refractivity contribution in [3.05, 3.63) is 35.4 Å². The molecule has 0 bridgehead atoms. The van der Waals surface area contributed by atoms with E-state index < -0.39 is 21.2 Å². The van der Waals surface area contributed by atoms with Gasteiger partial charge in [0.25, 0.3) is 0 Å². The van der Waals surface area contributed by atoms with Crippen molar-refractivity contribution in [3.63, 3.8) is 0 Å². The lowest BCUT2D eigenvalue weighted by molar-refractivity contribution is 0.0697. The summed E-state index contributed by atoms with van der Waals surface area (Å²) in [5.41, 5.74) is -0.259. The summed E-state index contributed by atoms with van der Waals surface area (Å²) >= 11 is 0. The van der Waals surface area contributed by atoms with Gasteiger partial charge in [0, 0.05) is 5.56 Å². The molecule has 0 saturated heterocycles. The second kappa shape index (κ2) is 3.77. The highest BCUT2D eigenvalue weighted by atomic mass is 32.3. The van der Waals surface area contributed by atoms with Gasteiger partial charge in [-0.1, -0.05) is 16.0 Å². The summed E-state index contributed by atoms with van der Waals surface area (Å²) in [5, 5.41) is 14.3. The third-order valence-corrected chi connectivity index (χ3v) is 2.36. The second-order valence-electron chi connectivity index (χ2n) is 2.65. The van der Waals surface area contributed by atoms with Gasteiger partial charge in [0.2, 0.25) is 0 Å². The van der Waals surface area contributed by atoms with Crippen LogP contribution >= 0.6 is 0 Å². The summed E-state index contributed by atoms with van der Waals surface area (Å²) in [5.74, 6) is -1.18. The molecule has 5 nitrogen and oxygen atoms in total. The smallest absolute Gasteiger partial charge is 0.349 e. The lowest BCUT2D eigenvalue weighted by atomic mass is 10.1. The lowest BCUT2D eigenvalue weighted by Crippen LogP contribution is -2.09. The minimum Gasteiger partial charge on any atom is -0.478 e. The summed E-state index contributed by atoms with van der Waals surface area (Å²) in [7, 11) is -5.05. The Kier molecular flexibility index (Phi) is 2.85. The molecule has 0 heterocycles. The van der Waals surface area contributed by atoms with Crippen molar-refractivity contribution < 1.29 is 22.2 Å². The molecule has 1 rings (SSSR count). The zero-order chi connectivity index (χ0) is 11.6. The summed E-state index contributed by atoms with van der Waals surface area (Å²) < 4.78 is 33.0. The Hall–Kier alpha value is -1.76. The van der Waals surface area contributed by atoms with E-state index in [0.717, 1.165) is 24.3 Å². The normalized spacial score (nSPS) is 11.0. The van der Waals surface area contributed by atoms with E-state index in [4.69, 9.17) is 10.5 Å². The summed E-state index contributed by atoms with van der Waals surface area (Å²) in [6.07, 6.45) is 0. The first-order valence-corrected chi connectivity index (χ1v) is 5.07. The van der Waals surface area contributed by atoms with E-state index in [9.17, 15) is 17.1 Å². The average Bonchev–Trinajstić information content (AvgIpc) is 2.15. The zero-order valence-electron chi connectivity index (χ0n) is 7.27. The molecule has 0 unspecified atom stereocenters. The van der Waals surface area contributed by atoms with Crippen LogP contribution in [0.4, 0.5) is 3.89 Å². The molecule has 0 aliphatic rings. The first-order valence-electron chi connectivity index (χ1n) is 3.69. The van der Waals surface area contributed by atoms with Crippen molar-refractivity contribution in [2.24, 2.45) is 0 Å². The largest absolute Gasteiger partial charge is 0.478 e. The van der Waals surface area contributed by atoms with Crippen LogP contribution < -0.4 is 0 Å². The minimum absolute atomic E-state index is 0.0668. The number of carbonyl (C=O) groups is 1. The molecule has 2 N–H and O–H groups in total. The number of benzene rings is 1. The van der Waals surface area contributed by atoms with E-state index in [1.807, 2.05) is 0 Å². The number of aromatic carboxylic acids is 1. The van der Waals surface area contributed by atoms with E-state index in [1.54, 1.807) is 0 Å². The molecule has 0 amide bonds. The molecule has 1 aromatic rings. The van der Waals surface area contributed by atoms with E-state index >= 15 is 0 Å². The molecule has 0 aromatic heterocycles. The Balaban J connectivity index is 3.11. The monoisotopic (exact) mass is 231 g/mol. The van der Waals surface area contributed by atoms with E-state index in [0.29, 0.717) is 0 Å². The van der Waals surface area contributed by atoms with Gasteiger partial charge in [0.1, 0.15) is 0 Å². The van der Waals surface area contributed by atoms with Crippen molar-refractivity contribution in [2.75, 3.05) is 0 Å². The number of hydrogen-bond acceptors (Lipinski definition) is 4. The Labute approximate surface area is 84.9 Å². The fourth-order valence-corrected chi connectivity index (χ4v) is 1.32. The van der Waals surface area contributed by atoms with Crippen LogP contribution in [0.25, 0.3) is 0 Å². The Morgan fingerprint density at radius 3 is 1.93 bits per heavy atom. The molecule has 0 radical (unpaired) electrons. The number of nitrogens with one attached hydrogen (secondary N) is 1. The standard InChI is InChI=1S/C8H6FNO4S/c9-15(13,14)7(10)5-1-3-6(4-2-5)8(11)12/h1-4,10H,(H,11,12). The maximum absolute atomic E-state index is 12.4. The van der Waals surface area contributed by atoms with Crippen molar-refractivity contribution in [1.82, 2.24) is 0 Å². The van der Waals surface area contributed by atoms with Crippen LogP contribution in [0.1, 0.15) is 15.9 Å². The SMILES string of the molecule is N=C(c1ccc(C(=O)O)cc1)S(=O)(=O)F. The maximum Gasteiger partial charge on any atom is 0.349 e. The van der Waals surface area contributed by atoms with Crippen molar-refractivity contribution in [2.45, 2.75) is 0 Å². The molecule has 7 heteroatoms. The summed E-state index contributed by atoms with van der Waals surface area (Å²) in [4.78, 5) is 10.4. The number of rotatable bonds is 2. The van der Waals surface area contributed by atoms with Gasteiger partial charge in [-0.15, -0.1) is 0 Å². The third kappa shape index (κ3) is 2.59. The second-order valence-corrected chi connectivity index (χ2v) is 3.93. The first-order chi connectivity index (χ1) is 6.82. The highest BCUT2D eigenvalue weighted by Crippen LogP contribution is 2.09. The molecular weight excluding hydrogens is 225 g/mol. The van der Waals surface area contributed by atoms with Crippen LogP contribution in [-0.2, 0) is 10.2 Å². The van der Waals surface area contributed by atoms with Crippen LogP contribution in [0.2, 0.25) is 0 Å². The number of hydrogen-bond donors (Lipinski definition) is 2. The van der Waals surface area contributed by atoms with Gasteiger partial charge in [-0.25, -0.2) is 4.79 Å². The van der Waals surface area contributed by atoms with Crippen LogP contribution in [0, 0.1) is 5.41 Å². The fraction of sp³-hybridized carbons (Fsp3) is 0. The first kappa shape index (κ1) is 11.3. The van der Waals surface area contributed by atoms with Gasteiger partial charge >= 0.3 is 16.2 Å². The molecule has 15 heavy (non-hydrogen) atoms. The van der Waals surface area contributed by atoms with Gasteiger partial charge in [0.05, 0.1) is 5.56 Å². The highest BCUT2D eigenvalue weighted by molar-refractivity contribution is 8.02. The van der Waals surface area contributed by atoms with Gasteiger partial charge in [0.15, 0.2) is 5.04 Å². The maximum atomic E-state index is 12.4. The lowest BCUT2D eigenvalue weighted by Gasteiger charge is -1.99. The van der Waals surface area contributed by atoms with Crippen LogP contribution in [0.15, 0.2) is 24.3 Å². The number of halogens is 1. The molecule has 80 valence electrons. The Morgan fingerprint density at radius 2 is 1.60 bits per heavy atom. The molecule has 1 aromatic carbocycles. The average molecular weight is 231 g/mol. The Bertz CT molecular complexity index is 506. The molecule has 0 aliphatic carbocycles. The predicted octanol–water partition coefficient (Wildman–Crippen LogP) is 1.01. The molecule has 0 fully saturated rings. The Morgan fingerprint density at radius 1 is 1.20 bits per heavy atom. The van der Waals surface area contributed by atoms with E-state index in [1.165, 1.54) is 0 Å². The molecule has 0 atom stereocenters. The fourth-order valence-electron chi connectivity index (χ4n) is 0.905. The van der Waals surface area contributed by atoms with Crippen molar-refractivity contribution in [1.29, 1.82) is 5.41 Å². The van der Waals surface area contributed by atoms with Gasteiger partial charge in [-0.05, 0) is 12.1 Å². The van der Waals surface area contributed by atoms with Gasteiger partial charge in [-0.3, -0.25) is 5.41 Å². The van der Waals surface area contributed by atoms with Crippen LogP contribution in [0.3, 0.4) is 0 Å². The summed E-state index contributed by atoms with van der Waals surface area (Å²) in [6, 6.07) is 4.31. The molecule has 0 saturated carbocycles. The zero-order valence-corrected chi connectivity index (χ0v) is 8.08. The summed E-state index contributed by atoms with van der Waals surface area (Å²) in [6.45, 7) is 0. The van der Waals surface area contributed by atoms with Crippen molar-refractivity contribution >= 4 is 21.2 Å². The molecular formula is C8H6FNO4S. The quantitative estimate of drug-likeness (QED) is 0.451. The van der Waals surface area contributed by atoms with Crippen LogP contribution in [-0.4, -0.2) is 24.5 Å². The molecule has 0 spiro atoms. The number of carboxylic acid groups (broad SMARTS) is 1. The predicted molar refractivity (Wildman–Crippen MR) is 50.3 cm³/mol. The van der Waals surface area contributed by atoms with E-state index in [-0.39, 0.29) is 11.1 Å².